The Kier molecular flexibility index (Phi) is 22.6. The third-order valence-corrected chi connectivity index (χ3v) is 21.3. The van der Waals surface area contributed by atoms with E-state index in [-0.39, 0.29) is 27.8 Å². The second kappa shape index (κ2) is 30.7. The minimum Gasteiger partial charge on any atom is -0.462 e. The molecule has 0 atom stereocenters. The van der Waals surface area contributed by atoms with Crippen LogP contribution in [0.25, 0.3) is 0 Å². The Morgan fingerprint density at radius 3 is 1.04 bits per heavy atom. The molecule has 2 N–H and O–H groups in total. The summed E-state index contributed by atoms with van der Waals surface area (Å²) < 4.78 is 65.9. The van der Waals surface area contributed by atoms with E-state index < -0.39 is 38.4 Å². The van der Waals surface area contributed by atoms with Crippen LogP contribution in [0.1, 0.15) is 129 Å². The first kappa shape index (κ1) is 67.1. The van der Waals surface area contributed by atoms with E-state index in [2.05, 4.69) is 83.8 Å². The average molecular weight is 1270 g/mol. The molecule has 6 heterocycles. The minimum atomic E-state index is -3.56. The van der Waals surface area contributed by atoms with Crippen molar-refractivity contribution in [2.45, 2.75) is 112 Å². The molecule has 8 aromatic rings. The maximum absolute atomic E-state index is 13.2. The SMILES string of the molecule is CCOC(=O)c1cnc(CC2(c3ccccc3)CCN(S(=O)(=O)c3ccc(C)cc3)CC2)nc1.CCOC(=O)c1cnc(CC2(c3ccccc3)CCNCC2)nc1.Cc1ccc(S(=O)(=O)N2CCC(Cc3ncc(C(=O)CO)cn3)(c3ccccc3)CC2)cc1. The smallest absolute Gasteiger partial charge is 0.341 e. The quantitative estimate of drug-likeness (QED) is 0.0565. The van der Waals surface area contributed by atoms with Gasteiger partial charge in [-0.3, -0.25) is 4.79 Å². The number of hydrogen-bond donors (Lipinski definition) is 2. The van der Waals surface area contributed by atoms with Crippen molar-refractivity contribution in [2.24, 2.45) is 0 Å². The average Bonchev–Trinajstić information content (AvgIpc) is 1.07. The van der Waals surface area contributed by atoms with E-state index in [1.165, 1.54) is 30.4 Å². The Morgan fingerprint density at radius 2 is 0.747 bits per heavy atom. The van der Waals surface area contributed by atoms with Gasteiger partial charge in [0.1, 0.15) is 24.1 Å². The fourth-order valence-corrected chi connectivity index (χ4v) is 15.0. The van der Waals surface area contributed by atoms with Gasteiger partial charge in [-0.15, -0.1) is 0 Å². The number of nitrogens with one attached hydrogen (secondary N) is 1. The number of aromatic nitrogens is 6. The standard InChI is InChI=1S/C26H29N3O4S.C25H27N3O4S.C19H23N3O2/c1-3-33-25(30)21-18-27-24(28-19-21)17-26(22-7-5-4-6-8-22)13-15-29(16-14-26)34(31,32)23-11-9-20(2)10-12-23;1-19-7-9-22(10-8-19)33(31,32)28-13-11-25(12-14-28,21-5-3-2-4-6-21)15-24-26-16-20(17-27-24)23(30)18-29;1-2-24-18(23)15-13-21-17(22-14-15)12-19(8-10-20-11-9-19)16-6-4-3-5-7-16/h4-12,18-19H,3,13-17H2,1-2H3;2-10,16-17,29H,11-15,18H2,1H3;3-7,13-14,20H,2,8-12H2,1H3. The zero-order chi connectivity index (χ0) is 64.5. The zero-order valence-corrected chi connectivity index (χ0v) is 53.6. The number of Topliss-reactive ketones (excluding diaryl/α,β-unsaturated/α-hetero) is 1. The second-order valence-electron chi connectivity index (χ2n) is 23.3. The number of aryl methyl sites for hydroxylation is 2. The summed E-state index contributed by atoms with van der Waals surface area (Å²) in [4.78, 5) is 62.4. The molecule has 476 valence electrons. The number of carbonyl (C=O) groups excluding carboxylic acids is 3. The first-order valence-electron chi connectivity index (χ1n) is 30.8. The molecule has 3 aromatic heterocycles. The molecule has 0 saturated carbocycles. The summed E-state index contributed by atoms with van der Waals surface area (Å²) in [6.45, 7) is 11.1. The Hall–Kier alpha value is -8.31. The maximum atomic E-state index is 13.2. The zero-order valence-electron chi connectivity index (χ0n) is 52.0. The van der Waals surface area contributed by atoms with Crippen LogP contribution in [0.2, 0.25) is 0 Å². The summed E-state index contributed by atoms with van der Waals surface area (Å²) in [5.41, 5.74) is 6.07. The van der Waals surface area contributed by atoms with E-state index in [4.69, 9.17) is 14.6 Å². The Balaban J connectivity index is 0.000000164. The van der Waals surface area contributed by atoms with Crippen LogP contribution >= 0.6 is 0 Å². The van der Waals surface area contributed by atoms with E-state index in [1.54, 1.807) is 59.1 Å². The van der Waals surface area contributed by atoms with Gasteiger partial charge in [0.15, 0.2) is 5.78 Å². The molecule has 11 rings (SSSR count). The van der Waals surface area contributed by atoms with Crippen LogP contribution in [0.5, 0.6) is 0 Å². The monoisotopic (exact) mass is 1270 g/mol. The molecule has 5 aromatic carbocycles. The Bertz CT molecular complexity index is 3890. The van der Waals surface area contributed by atoms with E-state index in [1.807, 2.05) is 80.6 Å². The topological polar surface area (TPSA) is 254 Å². The number of ketones is 1. The van der Waals surface area contributed by atoms with Crippen LogP contribution in [0, 0.1) is 13.8 Å². The first-order chi connectivity index (χ1) is 43.9. The Morgan fingerprint density at radius 1 is 0.451 bits per heavy atom. The van der Waals surface area contributed by atoms with Gasteiger partial charge in [-0.2, -0.15) is 8.61 Å². The van der Waals surface area contributed by atoms with Gasteiger partial charge in [0.05, 0.1) is 39.7 Å². The van der Waals surface area contributed by atoms with Crippen molar-refractivity contribution in [1.29, 1.82) is 0 Å². The molecule has 91 heavy (non-hydrogen) atoms. The summed E-state index contributed by atoms with van der Waals surface area (Å²) in [6, 6.07) is 44.7. The normalized spacial score (nSPS) is 16.4. The third kappa shape index (κ3) is 16.6. The number of benzene rings is 5. The molecule has 0 bridgehead atoms. The highest BCUT2D eigenvalue weighted by molar-refractivity contribution is 7.89. The molecule has 3 aliphatic rings. The highest BCUT2D eigenvalue weighted by Crippen LogP contribution is 2.42. The molecule has 21 heteroatoms. The highest BCUT2D eigenvalue weighted by atomic mass is 32.2. The predicted molar refractivity (Wildman–Crippen MR) is 345 cm³/mol. The summed E-state index contributed by atoms with van der Waals surface area (Å²) >= 11 is 0. The Labute approximate surface area is 533 Å². The number of sulfonamides is 2. The van der Waals surface area contributed by atoms with Gasteiger partial charge >= 0.3 is 11.9 Å². The molecule has 3 aliphatic heterocycles. The van der Waals surface area contributed by atoms with E-state index in [0.29, 0.717) is 110 Å². The molecule has 0 amide bonds. The number of aliphatic hydroxyl groups is 1. The van der Waals surface area contributed by atoms with Crippen molar-refractivity contribution in [3.8, 4) is 0 Å². The lowest BCUT2D eigenvalue weighted by atomic mass is 9.70. The number of ether oxygens (including phenoxy) is 2. The van der Waals surface area contributed by atoms with Gasteiger partial charge < -0.3 is 19.9 Å². The van der Waals surface area contributed by atoms with E-state index in [0.717, 1.165) is 60.4 Å². The lowest BCUT2D eigenvalue weighted by Crippen LogP contribution is -2.46. The van der Waals surface area contributed by atoms with Crippen molar-refractivity contribution in [1.82, 2.24) is 43.8 Å². The molecule has 0 unspecified atom stereocenters. The third-order valence-electron chi connectivity index (χ3n) is 17.5. The molecule has 0 aliphatic carbocycles. The van der Waals surface area contributed by atoms with Gasteiger partial charge in [-0.1, -0.05) is 126 Å². The van der Waals surface area contributed by atoms with Crippen LogP contribution in [0.3, 0.4) is 0 Å². The summed E-state index contributed by atoms with van der Waals surface area (Å²) in [6.07, 6.45) is 15.5. The molecule has 0 radical (unpaired) electrons. The second-order valence-corrected chi connectivity index (χ2v) is 27.2. The van der Waals surface area contributed by atoms with Gasteiger partial charge in [0.2, 0.25) is 20.0 Å². The number of piperidine rings is 3. The van der Waals surface area contributed by atoms with Gasteiger partial charge in [-0.05, 0) is 120 Å². The summed E-state index contributed by atoms with van der Waals surface area (Å²) in [7, 11) is -7.12. The van der Waals surface area contributed by atoms with Crippen molar-refractivity contribution in [3.63, 3.8) is 0 Å². The van der Waals surface area contributed by atoms with Crippen molar-refractivity contribution in [3.05, 3.63) is 239 Å². The van der Waals surface area contributed by atoms with Crippen LogP contribution in [-0.4, -0.2) is 137 Å². The lowest BCUT2D eigenvalue weighted by Gasteiger charge is -2.41. The van der Waals surface area contributed by atoms with Gasteiger partial charge in [0, 0.05) is 98.9 Å². The highest BCUT2D eigenvalue weighted by Gasteiger charge is 2.43. The largest absolute Gasteiger partial charge is 0.462 e. The lowest BCUT2D eigenvalue weighted by molar-refractivity contribution is 0.0515. The molecule has 0 spiro atoms. The maximum Gasteiger partial charge on any atom is 0.341 e. The first-order valence-corrected chi connectivity index (χ1v) is 33.7. The fraction of sp³-hybridized carbons (Fsp3) is 0.357. The molecule has 3 saturated heterocycles. The van der Waals surface area contributed by atoms with Gasteiger partial charge in [-0.25, -0.2) is 56.3 Å². The number of nitrogens with zero attached hydrogens (tertiary/aromatic N) is 8. The number of esters is 2. The van der Waals surface area contributed by atoms with Crippen molar-refractivity contribution >= 4 is 37.8 Å². The van der Waals surface area contributed by atoms with Crippen LogP contribution in [0.15, 0.2) is 186 Å². The van der Waals surface area contributed by atoms with Crippen LogP contribution in [0.4, 0.5) is 0 Å². The van der Waals surface area contributed by atoms with Crippen LogP contribution in [-0.2, 0) is 65.0 Å². The van der Waals surface area contributed by atoms with Crippen molar-refractivity contribution < 1.29 is 45.8 Å². The van der Waals surface area contributed by atoms with Gasteiger partial charge in [0.25, 0.3) is 0 Å². The predicted octanol–water partition coefficient (Wildman–Crippen LogP) is 9.37. The summed E-state index contributed by atoms with van der Waals surface area (Å²) in [5.74, 6) is 0.739. The van der Waals surface area contributed by atoms with Crippen molar-refractivity contribution in [2.75, 3.05) is 59.1 Å². The molecular weight excluding hydrogens is 1190 g/mol. The fourth-order valence-electron chi connectivity index (χ4n) is 12.1. The number of hydrogen-bond acceptors (Lipinski definition) is 17. The number of rotatable bonds is 19. The summed E-state index contributed by atoms with van der Waals surface area (Å²) in [5, 5.41) is 12.5. The number of carbonyl (C=O) groups is 3. The molecule has 19 nitrogen and oxygen atoms in total. The van der Waals surface area contributed by atoms with E-state index in [9.17, 15) is 31.2 Å². The van der Waals surface area contributed by atoms with Crippen LogP contribution < -0.4 is 5.32 Å². The molecule has 3 fully saturated rings. The van der Waals surface area contributed by atoms with E-state index >= 15 is 0 Å². The minimum absolute atomic E-state index is 0.0535. The number of aliphatic hydroxyl groups excluding tert-OH is 1. The molecular formula is C70H79N9O10S2.